The van der Waals surface area contributed by atoms with Crippen molar-refractivity contribution < 1.29 is 4.11 Å². The van der Waals surface area contributed by atoms with Gasteiger partial charge in [0.15, 0.2) is 0 Å². The second-order valence-electron chi connectivity index (χ2n) is 4.47. The van der Waals surface area contributed by atoms with Crippen molar-refractivity contribution in [3.63, 3.8) is 0 Å². The average Bonchev–Trinajstić information content (AvgIpc) is 2.75. The first-order chi connectivity index (χ1) is 9.55. The molecule has 0 bridgehead atoms. The monoisotopic (exact) mass is 219 g/mol. The van der Waals surface area contributed by atoms with E-state index in [4.69, 9.17) is 4.11 Å². The summed E-state index contributed by atoms with van der Waals surface area (Å²) in [6.07, 6.45) is 0. The molecule has 3 aromatic rings. The van der Waals surface area contributed by atoms with Gasteiger partial charge in [0.2, 0.25) is 0 Å². The van der Waals surface area contributed by atoms with Crippen LogP contribution < -0.4 is 0 Å². The topological polar surface area (TPSA) is 0 Å². The largest absolute Gasteiger partial charge is 0.0616 e. The zero-order chi connectivity index (χ0) is 13.9. The Morgan fingerprint density at radius 1 is 0.765 bits per heavy atom. The van der Waals surface area contributed by atoms with E-state index >= 15 is 0 Å². The zero-order valence-corrected chi connectivity index (χ0v) is 9.20. The Bertz CT molecular complexity index is 844. The minimum Gasteiger partial charge on any atom is -0.0616 e. The molecule has 80 valence electrons. The van der Waals surface area contributed by atoms with Gasteiger partial charge >= 0.3 is 0 Å². The SMILES string of the molecule is [2H]C([2H])([2H])c1cc2c3c(cccc3c1)-c1ccccc1-2. The molecule has 0 radical (unpaired) electrons. The molecule has 0 saturated carbocycles. The lowest BCUT2D eigenvalue weighted by atomic mass is 10.0. The highest BCUT2D eigenvalue weighted by atomic mass is 14.2. The minimum atomic E-state index is -2.07. The number of hydrogen-bond acceptors (Lipinski definition) is 0. The molecule has 0 atom stereocenters. The Balaban J connectivity index is 2.17. The number of hydrogen-bond donors (Lipinski definition) is 0. The van der Waals surface area contributed by atoms with Crippen LogP contribution in [0.2, 0.25) is 0 Å². The van der Waals surface area contributed by atoms with Crippen molar-refractivity contribution in [1.29, 1.82) is 0 Å². The van der Waals surface area contributed by atoms with Crippen LogP contribution >= 0.6 is 0 Å². The summed E-state index contributed by atoms with van der Waals surface area (Å²) < 4.78 is 23.0. The van der Waals surface area contributed by atoms with Gasteiger partial charge in [-0.3, -0.25) is 0 Å². The maximum absolute atomic E-state index is 7.65. The molecular weight excluding hydrogens is 204 g/mol. The summed E-state index contributed by atoms with van der Waals surface area (Å²) in [6.45, 7) is -2.07. The smallest absolute Gasteiger partial charge is 0.0280 e. The highest BCUT2D eigenvalue weighted by Gasteiger charge is 2.20. The van der Waals surface area contributed by atoms with Crippen molar-refractivity contribution >= 4 is 10.8 Å². The van der Waals surface area contributed by atoms with Crippen LogP contribution in [0.15, 0.2) is 54.6 Å². The molecule has 0 N–H and O–H groups in total. The number of benzene rings is 3. The summed E-state index contributed by atoms with van der Waals surface area (Å²) >= 11 is 0. The van der Waals surface area contributed by atoms with E-state index in [0.29, 0.717) is 5.56 Å². The highest BCUT2D eigenvalue weighted by Crippen LogP contribution is 2.47. The van der Waals surface area contributed by atoms with Crippen LogP contribution in [0.5, 0.6) is 0 Å². The molecule has 0 unspecified atom stereocenters. The first-order valence-corrected chi connectivity index (χ1v) is 5.73. The molecule has 3 aromatic carbocycles. The van der Waals surface area contributed by atoms with Gasteiger partial charge in [0, 0.05) is 4.11 Å². The maximum atomic E-state index is 7.65. The lowest BCUT2D eigenvalue weighted by Crippen LogP contribution is -1.78. The van der Waals surface area contributed by atoms with Gasteiger partial charge in [-0.2, -0.15) is 0 Å². The number of fused-ring (bicyclic) bond motifs is 3. The van der Waals surface area contributed by atoms with Gasteiger partial charge < -0.3 is 0 Å². The second-order valence-corrected chi connectivity index (χ2v) is 4.47. The third-order valence-electron chi connectivity index (χ3n) is 3.48. The summed E-state index contributed by atoms with van der Waals surface area (Å²) in [5.41, 5.74) is 4.97. The molecule has 17 heavy (non-hydrogen) atoms. The van der Waals surface area contributed by atoms with Gasteiger partial charge in [-0.05, 0) is 45.4 Å². The fraction of sp³-hybridized carbons (Fsp3) is 0.0588. The third kappa shape index (κ3) is 1.07. The van der Waals surface area contributed by atoms with Crippen LogP contribution in [0.25, 0.3) is 33.0 Å². The Morgan fingerprint density at radius 2 is 1.53 bits per heavy atom. The van der Waals surface area contributed by atoms with Crippen molar-refractivity contribution in [3.8, 4) is 22.3 Å². The fourth-order valence-electron chi connectivity index (χ4n) is 2.82. The molecule has 0 fully saturated rings. The van der Waals surface area contributed by atoms with Crippen molar-refractivity contribution in [1.82, 2.24) is 0 Å². The Kier molecular flexibility index (Phi) is 1.16. The fourth-order valence-corrected chi connectivity index (χ4v) is 2.82. The predicted molar refractivity (Wildman–Crippen MR) is 73.1 cm³/mol. The molecule has 0 nitrogen and oxygen atoms in total. The van der Waals surface area contributed by atoms with E-state index in [9.17, 15) is 0 Å². The Hall–Kier alpha value is -2.08. The molecule has 0 heterocycles. The van der Waals surface area contributed by atoms with Gasteiger partial charge in [0.25, 0.3) is 0 Å². The highest BCUT2D eigenvalue weighted by molar-refractivity contribution is 6.15. The van der Waals surface area contributed by atoms with E-state index < -0.39 is 6.85 Å². The van der Waals surface area contributed by atoms with Crippen LogP contribution in [0, 0.1) is 6.85 Å². The van der Waals surface area contributed by atoms with Crippen LogP contribution in [-0.4, -0.2) is 0 Å². The van der Waals surface area contributed by atoms with E-state index in [2.05, 4.69) is 18.2 Å². The van der Waals surface area contributed by atoms with Crippen LogP contribution in [-0.2, 0) is 0 Å². The first-order valence-electron chi connectivity index (χ1n) is 7.23. The van der Waals surface area contributed by atoms with Gasteiger partial charge in [0.05, 0.1) is 0 Å². The van der Waals surface area contributed by atoms with Gasteiger partial charge in [0.1, 0.15) is 0 Å². The summed E-state index contributed by atoms with van der Waals surface area (Å²) in [7, 11) is 0. The summed E-state index contributed by atoms with van der Waals surface area (Å²) in [6, 6.07) is 17.9. The average molecular weight is 219 g/mol. The minimum absolute atomic E-state index is 0.411. The lowest BCUT2D eigenvalue weighted by molar-refractivity contribution is 1.51. The van der Waals surface area contributed by atoms with E-state index in [1.807, 2.05) is 30.3 Å². The van der Waals surface area contributed by atoms with Crippen molar-refractivity contribution in [2.75, 3.05) is 0 Å². The Labute approximate surface area is 105 Å². The molecule has 0 saturated heterocycles. The molecule has 1 aliphatic rings. The summed E-state index contributed by atoms with van der Waals surface area (Å²) in [4.78, 5) is 0. The van der Waals surface area contributed by atoms with Gasteiger partial charge in [-0.25, -0.2) is 0 Å². The zero-order valence-electron chi connectivity index (χ0n) is 12.2. The number of aryl methyl sites for hydroxylation is 1. The molecule has 0 aromatic heterocycles. The van der Waals surface area contributed by atoms with Gasteiger partial charge in [-0.1, -0.05) is 54.6 Å². The Morgan fingerprint density at radius 3 is 2.35 bits per heavy atom. The quantitative estimate of drug-likeness (QED) is 0.398. The molecular formula is C17H12. The molecule has 0 aliphatic heterocycles. The van der Waals surface area contributed by atoms with Crippen molar-refractivity contribution in [3.05, 3.63) is 60.2 Å². The normalized spacial score (nSPS) is 15.2. The standard InChI is InChI=1S/C17H12/c1-11-9-12-5-4-8-15-13-6-2-3-7-14(13)16(10-11)17(12)15/h2-10H,1H3/i1D3. The molecule has 4 rings (SSSR count). The molecule has 1 aliphatic carbocycles. The van der Waals surface area contributed by atoms with Crippen molar-refractivity contribution in [2.45, 2.75) is 6.85 Å². The van der Waals surface area contributed by atoms with Crippen LogP contribution in [0.1, 0.15) is 9.68 Å². The molecule has 0 amide bonds. The third-order valence-corrected chi connectivity index (χ3v) is 3.48. The lowest BCUT2D eigenvalue weighted by Gasteiger charge is -2.03. The molecule has 0 heteroatoms. The van der Waals surface area contributed by atoms with E-state index in [1.54, 1.807) is 6.07 Å². The first kappa shape index (κ1) is 6.61. The maximum Gasteiger partial charge on any atom is 0.0280 e. The van der Waals surface area contributed by atoms with Crippen molar-refractivity contribution in [2.24, 2.45) is 0 Å². The van der Waals surface area contributed by atoms with E-state index in [-0.39, 0.29) is 0 Å². The van der Waals surface area contributed by atoms with Crippen LogP contribution in [0.4, 0.5) is 0 Å². The predicted octanol–water partition coefficient (Wildman–Crippen LogP) is 4.80. The molecule has 0 spiro atoms. The number of rotatable bonds is 0. The van der Waals surface area contributed by atoms with Gasteiger partial charge in [-0.15, -0.1) is 0 Å². The van der Waals surface area contributed by atoms with E-state index in [0.717, 1.165) is 16.5 Å². The van der Waals surface area contributed by atoms with E-state index in [1.165, 1.54) is 16.5 Å². The summed E-state index contributed by atoms with van der Waals surface area (Å²) in [5, 5.41) is 2.17. The second kappa shape index (κ2) is 2.98. The van der Waals surface area contributed by atoms with Crippen LogP contribution in [0.3, 0.4) is 0 Å². The summed E-state index contributed by atoms with van der Waals surface area (Å²) in [5.74, 6) is 0.